The van der Waals surface area contributed by atoms with E-state index >= 15 is 0 Å². The second-order valence-corrected chi connectivity index (χ2v) is 5.05. The van der Waals surface area contributed by atoms with E-state index in [0.29, 0.717) is 12.3 Å². The van der Waals surface area contributed by atoms with Gasteiger partial charge in [0.1, 0.15) is 6.04 Å². The van der Waals surface area contributed by atoms with Crippen molar-refractivity contribution in [1.29, 1.82) is 0 Å². The summed E-state index contributed by atoms with van der Waals surface area (Å²) in [6.07, 6.45) is 1.57. The van der Waals surface area contributed by atoms with Gasteiger partial charge in [-0.1, -0.05) is 27.7 Å². The zero-order chi connectivity index (χ0) is 10.6. The van der Waals surface area contributed by atoms with Crippen LogP contribution < -0.4 is 5.73 Å². The monoisotopic (exact) mass is 187 g/mol. The van der Waals surface area contributed by atoms with Gasteiger partial charge in [0.15, 0.2) is 0 Å². The molecule has 0 aliphatic heterocycles. The summed E-state index contributed by atoms with van der Waals surface area (Å²) in [5, 5.41) is 8.60. The van der Waals surface area contributed by atoms with Gasteiger partial charge in [-0.2, -0.15) is 0 Å². The third-order valence-corrected chi connectivity index (χ3v) is 1.93. The molecule has 0 bridgehead atoms. The quantitative estimate of drug-likeness (QED) is 0.706. The lowest BCUT2D eigenvalue weighted by molar-refractivity contribution is -0.139. The summed E-state index contributed by atoms with van der Waals surface area (Å²) in [5.74, 6) is -0.535. The lowest BCUT2D eigenvalue weighted by atomic mass is 9.83. The number of carboxylic acid groups (broad SMARTS) is 1. The van der Waals surface area contributed by atoms with Gasteiger partial charge in [-0.25, -0.2) is 0 Å². The van der Waals surface area contributed by atoms with E-state index < -0.39 is 12.0 Å². The molecular formula is C10H21NO2. The minimum absolute atomic E-state index is 0.248. The molecule has 0 heterocycles. The summed E-state index contributed by atoms with van der Waals surface area (Å²) in [5.41, 5.74) is 5.68. The van der Waals surface area contributed by atoms with Crippen LogP contribution in [0.2, 0.25) is 0 Å². The van der Waals surface area contributed by atoms with E-state index in [-0.39, 0.29) is 5.41 Å². The van der Waals surface area contributed by atoms with E-state index in [1.165, 1.54) is 0 Å². The van der Waals surface area contributed by atoms with Crippen LogP contribution >= 0.6 is 0 Å². The molecule has 0 saturated carbocycles. The molecule has 0 aliphatic rings. The standard InChI is InChI=1S/C10H21NO2/c1-7(6-10(2,3)4)5-8(11)9(12)13/h7-8H,5-6,11H2,1-4H3,(H,12,13)/t7?,8-/m1/s1. The molecule has 0 aromatic heterocycles. The average Bonchev–Trinajstić information content (AvgIpc) is 1.81. The highest BCUT2D eigenvalue weighted by molar-refractivity contribution is 5.72. The second kappa shape index (κ2) is 4.61. The topological polar surface area (TPSA) is 63.3 Å². The molecule has 3 heteroatoms. The molecule has 0 aromatic rings. The summed E-state index contributed by atoms with van der Waals surface area (Å²) in [4.78, 5) is 10.5. The maximum absolute atomic E-state index is 10.5. The Bertz CT molecular complexity index is 172. The molecule has 0 fully saturated rings. The molecule has 0 saturated heterocycles. The lowest BCUT2D eigenvalue weighted by Gasteiger charge is -2.24. The van der Waals surface area contributed by atoms with Crippen LogP contribution in [-0.4, -0.2) is 17.1 Å². The van der Waals surface area contributed by atoms with Crippen LogP contribution in [0.25, 0.3) is 0 Å². The van der Waals surface area contributed by atoms with Crippen molar-refractivity contribution >= 4 is 5.97 Å². The first-order valence-electron chi connectivity index (χ1n) is 4.71. The Morgan fingerprint density at radius 3 is 2.23 bits per heavy atom. The first-order valence-corrected chi connectivity index (χ1v) is 4.71. The van der Waals surface area contributed by atoms with Crippen LogP contribution in [0.1, 0.15) is 40.5 Å². The average molecular weight is 187 g/mol. The third kappa shape index (κ3) is 6.58. The van der Waals surface area contributed by atoms with Gasteiger partial charge < -0.3 is 10.8 Å². The van der Waals surface area contributed by atoms with Crippen molar-refractivity contribution in [2.75, 3.05) is 0 Å². The molecule has 1 unspecified atom stereocenters. The van der Waals surface area contributed by atoms with Crippen molar-refractivity contribution in [2.24, 2.45) is 17.1 Å². The molecule has 0 rings (SSSR count). The number of carboxylic acids is 1. The molecule has 13 heavy (non-hydrogen) atoms. The van der Waals surface area contributed by atoms with Gasteiger partial charge in [0, 0.05) is 0 Å². The molecule has 2 atom stereocenters. The predicted octanol–water partition coefficient (Wildman–Crippen LogP) is 1.86. The Morgan fingerprint density at radius 2 is 1.92 bits per heavy atom. The molecule has 78 valence electrons. The summed E-state index contributed by atoms with van der Waals surface area (Å²) in [6.45, 7) is 8.50. The van der Waals surface area contributed by atoms with Crippen LogP contribution in [0.4, 0.5) is 0 Å². The number of aliphatic carboxylic acids is 1. The fraction of sp³-hybridized carbons (Fsp3) is 0.900. The summed E-state index contributed by atoms with van der Waals surface area (Å²) >= 11 is 0. The van der Waals surface area contributed by atoms with E-state index in [2.05, 4.69) is 20.8 Å². The van der Waals surface area contributed by atoms with Gasteiger partial charge >= 0.3 is 5.97 Å². The van der Waals surface area contributed by atoms with Crippen molar-refractivity contribution in [3.05, 3.63) is 0 Å². The highest BCUT2D eigenvalue weighted by atomic mass is 16.4. The van der Waals surface area contributed by atoms with E-state index in [1.807, 2.05) is 6.92 Å². The summed E-state index contributed by atoms with van der Waals surface area (Å²) < 4.78 is 0. The Balaban J connectivity index is 3.88. The van der Waals surface area contributed by atoms with Crippen LogP contribution in [0, 0.1) is 11.3 Å². The maximum Gasteiger partial charge on any atom is 0.320 e. The van der Waals surface area contributed by atoms with Crippen LogP contribution in [0.5, 0.6) is 0 Å². The van der Waals surface area contributed by atoms with E-state index in [9.17, 15) is 4.79 Å². The SMILES string of the molecule is CC(C[C@@H](N)C(=O)O)CC(C)(C)C. The van der Waals surface area contributed by atoms with Crippen molar-refractivity contribution < 1.29 is 9.90 Å². The smallest absolute Gasteiger partial charge is 0.320 e. The van der Waals surface area contributed by atoms with Crippen LogP contribution in [-0.2, 0) is 4.79 Å². The fourth-order valence-electron chi connectivity index (χ4n) is 1.66. The zero-order valence-electron chi connectivity index (χ0n) is 9.00. The van der Waals surface area contributed by atoms with Crippen molar-refractivity contribution in [2.45, 2.75) is 46.6 Å². The van der Waals surface area contributed by atoms with Gasteiger partial charge in [0.2, 0.25) is 0 Å². The van der Waals surface area contributed by atoms with Crippen molar-refractivity contribution in [3.63, 3.8) is 0 Å². The van der Waals surface area contributed by atoms with Crippen molar-refractivity contribution in [1.82, 2.24) is 0 Å². The number of hydrogen-bond acceptors (Lipinski definition) is 2. The Kier molecular flexibility index (Phi) is 4.40. The number of nitrogens with two attached hydrogens (primary N) is 1. The molecule has 0 amide bonds. The Hall–Kier alpha value is -0.570. The Labute approximate surface area is 80.3 Å². The highest BCUT2D eigenvalue weighted by Gasteiger charge is 2.20. The fourth-order valence-corrected chi connectivity index (χ4v) is 1.66. The van der Waals surface area contributed by atoms with E-state index in [4.69, 9.17) is 10.8 Å². The minimum Gasteiger partial charge on any atom is -0.480 e. The number of carbonyl (C=O) groups is 1. The molecule has 3 N–H and O–H groups in total. The van der Waals surface area contributed by atoms with E-state index in [0.717, 1.165) is 6.42 Å². The molecule has 3 nitrogen and oxygen atoms in total. The predicted molar refractivity (Wildman–Crippen MR) is 53.5 cm³/mol. The van der Waals surface area contributed by atoms with Gasteiger partial charge in [-0.15, -0.1) is 0 Å². The van der Waals surface area contributed by atoms with Gasteiger partial charge in [0.25, 0.3) is 0 Å². The molecule has 0 aromatic carbocycles. The van der Waals surface area contributed by atoms with Gasteiger partial charge in [0.05, 0.1) is 0 Å². The molecule has 0 spiro atoms. The number of hydrogen-bond donors (Lipinski definition) is 2. The van der Waals surface area contributed by atoms with Gasteiger partial charge in [-0.05, 0) is 24.2 Å². The summed E-state index contributed by atoms with van der Waals surface area (Å²) in [7, 11) is 0. The molecular weight excluding hydrogens is 166 g/mol. The second-order valence-electron chi connectivity index (χ2n) is 5.05. The lowest BCUT2D eigenvalue weighted by Crippen LogP contribution is -2.32. The molecule has 0 radical (unpaired) electrons. The minimum atomic E-state index is -0.902. The zero-order valence-corrected chi connectivity index (χ0v) is 9.00. The third-order valence-electron chi connectivity index (χ3n) is 1.93. The van der Waals surface area contributed by atoms with Crippen molar-refractivity contribution in [3.8, 4) is 0 Å². The molecule has 0 aliphatic carbocycles. The highest BCUT2D eigenvalue weighted by Crippen LogP contribution is 2.26. The summed E-state index contributed by atoms with van der Waals surface area (Å²) in [6, 6.07) is -0.711. The van der Waals surface area contributed by atoms with Gasteiger partial charge in [-0.3, -0.25) is 4.79 Å². The number of rotatable bonds is 4. The van der Waals surface area contributed by atoms with E-state index in [1.54, 1.807) is 0 Å². The normalized spacial score (nSPS) is 16.7. The first-order chi connectivity index (χ1) is 5.72. The van der Waals surface area contributed by atoms with Crippen LogP contribution in [0.15, 0.2) is 0 Å². The first kappa shape index (κ1) is 12.4. The Morgan fingerprint density at radius 1 is 1.46 bits per heavy atom. The van der Waals surface area contributed by atoms with Crippen LogP contribution in [0.3, 0.4) is 0 Å². The maximum atomic E-state index is 10.5. The largest absolute Gasteiger partial charge is 0.480 e.